The summed E-state index contributed by atoms with van der Waals surface area (Å²) in [6.45, 7) is 6.09. The molecular weight excluding hydrogens is 152 g/mol. The van der Waals surface area contributed by atoms with Crippen LogP contribution in [0.1, 0.15) is 40.0 Å². The van der Waals surface area contributed by atoms with Crippen LogP contribution in [-0.4, -0.2) is 17.3 Å². The third-order valence-electron chi connectivity index (χ3n) is 1.57. The average Bonchev–Trinajstić information content (AvgIpc) is 1.82. The molecule has 0 atom stereocenters. The number of rotatable bonds is 0. The zero-order valence-electron chi connectivity index (χ0n) is 7.98. The van der Waals surface area contributed by atoms with E-state index < -0.39 is 0 Å². The molecule has 0 unspecified atom stereocenters. The van der Waals surface area contributed by atoms with Gasteiger partial charge in [-0.05, 0) is 27.2 Å². The minimum Gasteiger partial charge on any atom is -0.315 e. The maximum absolute atomic E-state index is 11.0. The Labute approximate surface area is 73.3 Å². The normalized spacial score (nSPS) is 22.6. The molecule has 0 aromatic heterocycles. The summed E-state index contributed by atoms with van der Waals surface area (Å²) in [7, 11) is 0. The van der Waals surface area contributed by atoms with E-state index in [1.165, 1.54) is 0 Å². The number of carbonyl (C=O) groups is 1. The third kappa shape index (κ3) is 3.03. The molecule has 0 aliphatic carbocycles. The van der Waals surface area contributed by atoms with Gasteiger partial charge >= 0.3 is 0 Å². The van der Waals surface area contributed by atoms with E-state index in [1.54, 1.807) is 0 Å². The van der Waals surface area contributed by atoms with Crippen molar-refractivity contribution in [2.75, 3.05) is 0 Å². The van der Waals surface area contributed by atoms with Gasteiger partial charge in [0.25, 0.3) is 0 Å². The molecule has 1 aliphatic heterocycles. The lowest BCUT2D eigenvalue weighted by molar-refractivity contribution is -0.120. The molecule has 1 aliphatic rings. The molecule has 0 bridgehead atoms. The largest absolute Gasteiger partial charge is 0.315 e. The maximum Gasteiger partial charge on any atom is 0.225 e. The molecule has 1 heterocycles. The Morgan fingerprint density at radius 1 is 1.33 bits per heavy atom. The Morgan fingerprint density at radius 3 is 2.50 bits per heavy atom. The first-order chi connectivity index (χ1) is 5.47. The molecule has 0 aromatic rings. The van der Waals surface area contributed by atoms with Gasteiger partial charge in [0, 0.05) is 12.8 Å². The van der Waals surface area contributed by atoms with Crippen molar-refractivity contribution in [2.24, 2.45) is 4.99 Å². The van der Waals surface area contributed by atoms with Crippen LogP contribution < -0.4 is 5.32 Å². The Bertz CT molecular complexity index is 213. The highest BCUT2D eigenvalue weighted by atomic mass is 16.1. The molecular formula is C9H16N2O. The van der Waals surface area contributed by atoms with Crippen LogP contribution in [0.2, 0.25) is 0 Å². The lowest BCUT2D eigenvalue weighted by Gasteiger charge is -2.19. The van der Waals surface area contributed by atoms with E-state index in [1.807, 2.05) is 20.8 Å². The first-order valence-corrected chi connectivity index (χ1v) is 4.36. The van der Waals surface area contributed by atoms with Gasteiger partial charge in [-0.15, -0.1) is 0 Å². The zero-order chi connectivity index (χ0) is 9.19. The van der Waals surface area contributed by atoms with Gasteiger partial charge in [0.15, 0.2) is 0 Å². The maximum atomic E-state index is 11.0. The van der Waals surface area contributed by atoms with Gasteiger partial charge in [-0.1, -0.05) is 0 Å². The Hall–Kier alpha value is -0.860. The lowest BCUT2D eigenvalue weighted by Crippen LogP contribution is -2.36. The second kappa shape index (κ2) is 3.25. The molecule has 1 fully saturated rings. The summed E-state index contributed by atoms with van der Waals surface area (Å²) in [4.78, 5) is 15.4. The van der Waals surface area contributed by atoms with Gasteiger partial charge in [-0.25, -0.2) is 0 Å². The van der Waals surface area contributed by atoms with Crippen LogP contribution in [-0.2, 0) is 4.79 Å². The molecule has 1 rings (SSSR count). The summed E-state index contributed by atoms with van der Waals surface area (Å²) in [6.07, 6.45) is 2.48. The summed E-state index contributed by atoms with van der Waals surface area (Å²) in [5.74, 6) is 0.947. The predicted octanol–water partition coefficient (Wildman–Crippen LogP) is 1.48. The van der Waals surface area contributed by atoms with Crippen LogP contribution >= 0.6 is 0 Å². The van der Waals surface area contributed by atoms with E-state index in [0.717, 1.165) is 18.7 Å². The number of amides is 1. The molecule has 3 heteroatoms. The summed E-state index contributed by atoms with van der Waals surface area (Å²) >= 11 is 0. The van der Waals surface area contributed by atoms with Crippen LogP contribution in [0.5, 0.6) is 0 Å². The summed E-state index contributed by atoms with van der Waals surface area (Å²) < 4.78 is 0. The quantitative estimate of drug-likeness (QED) is 0.585. The van der Waals surface area contributed by atoms with Gasteiger partial charge in [0.1, 0.15) is 5.84 Å². The molecule has 3 nitrogen and oxygen atoms in total. The fourth-order valence-electron chi connectivity index (χ4n) is 1.19. The second-order valence-corrected chi connectivity index (χ2v) is 4.13. The topological polar surface area (TPSA) is 41.5 Å². The van der Waals surface area contributed by atoms with Crippen LogP contribution in [0.25, 0.3) is 0 Å². The van der Waals surface area contributed by atoms with Crippen molar-refractivity contribution >= 4 is 11.7 Å². The van der Waals surface area contributed by atoms with Crippen molar-refractivity contribution in [3.63, 3.8) is 0 Å². The van der Waals surface area contributed by atoms with Gasteiger partial charge in [0.05, 0.1) is 5.54 Å². The van der Waals surface area contributed by atoms with E-state index in [-0.39, 0.29) is 11.4 Å². The zero-order valence-corrected chi connectivity index (χ0v) is 7.98. The van der Waals surface area contributed by atoms with E-state index in [9.17, 15) is 4.79 Å². The molecule has 0 radical (unpaired) electrons. The Morgan fingerprint density at radius 2 is 2.00 bits per heavy atom. The molecule has 1 saturated heterocycles. The van der Waals surface area contributed by atoms with E-state index in [4.69, 9.17) is 0 Å². The van der Waals surface area contributed by atoms with Crippen LogP contribution in [0.4, 0.5) is 0 Å². The highest BCUT2D eigenvalue weighted by Gasteiger charge is 2.16. The van der Waals surface area contributed by atoms with Gasteiger partial charge < -0.3 is 5.32 Å². The van der Waals surface area contributed by atoms with E-state index >= 15 is 0 Å². The Balaban J connectivity index is 2.62. The van der Waals surface area contributed by atoms with Crippen molar-refractivity contribution in [1.29, 1.82) is 0 Å². The second-order valence-electron chi connectivity index (χ2n) is 4.13. The molecule has 68 valence electrons. The molecule has 12 heavy (non-hydrogen) atoms. The lowest BCUT2D eigenvalue weighted by atomic mass is 10.1. The number of piperidine rings is 1. The SMILES string of the molecule is CC(C)(C)N=C1CCCC(=O)N1. The van der Waals surface area contributed by atoms with E-state index in [2.05, 4.69) is 10.3 Å². The minimum absolute atomic E-state index is 0.0834. The fraction of sp³-hybridized carbons (Fsp3) is 0.778. The number of aliphatic imine (C=N–C) groups is 1. The van der Waals surface area contributed by atoms with Crippen molar-refractivity contribution in [2.45, 2.75) is 45.6 Å². The van der Waals surface area contributed by atoms with Crippen molar-refractivity contribution < 1.29 is 4.79 Å². The number of nitrogens with one attached hydrogen (secondary N) is 1. The number of hydrogen-bond acceptors (Lipinski definition) is 2. The van der Waals surface area contributed by atoms with Gasteiger partial charge in [-0.3, -0.25) is 9.79 Å². The fourth-order valence-corrected chi connectivity index (χ4v) is 1.19. The molecule has 0 spiro atoms. The monoisotopic (exact) mass is 168 g/mol. The molecule has 0 aromatic carbocycles. The number of nitrogens with zero attached hydrogens (tertiary/aromatic N) is 1. The average molecular weight is 168 g/mol. The predicted molar refractivity (Wildman–Crippen MR) is 49.2 cm³/mol. The molecule has 1 amide bonds. The van der Waals surface area contributed by atoms with Crippen LogP contribution in [0.15, 0.2) is 4.99 Å². The highest BCUT2D eigenvalue weighted by molar-refractivity contribution is 6.00. The minimum atomic E-state index is -0.0834. The summed E-state index contributed by atoms with van der Waals surface area (Å²) in [5.41, 5.74) is -0.0834. The Kier molecular flexibility index (Phi) is 2.50. The van der Waals surface area contributed by atoms with Crippen molar-refractivity contribution in [3.05, 3.63) is 0 Å². The third-order valence-corrected chi connectivity index (χ3v) is 1.57. The number of carbonyl (C=O) groups excluding carboxylic acids is 1. The van der Waals surface area contributed by atoms with Gasteiger partial charge in [0.2, 0.25) is 5.91 Å². The molecule has 0 saturated carbocycles. The smallest absolute Gasteiger partial charge is 0.225 e. The first-order valence-electron chi connectivity index (χ1n) is 4.36. The number of amidine groups is 1. The molecule has 1 N–H and O–H groups in total. The summed E-state index contributed by atoms with van der Waals surface area (Å²) in [6, 6.07) is 0. The number of hydrogen-bond donors (Lipinski definition) is 1. The van der Waals surface area contributed by atoms with Gasteiger partial charge in [-0.2, -0.15) is 0 Å². The van der Waals surface area contributed by atoms with Crippen molar-refractivity contribution in [1.82, 2.24) is 5.32 Å². The van der Waals surface area contributed by atoms with Crippen molar-refractivity contribution in [3.8, 4) is 0 Å². The van der Waals surface area contributed by atoms with Crippen LogP contribution in [0, 0.1) is 0 Å². The van der Waals surface area contributed by atoms with E-state index in [0.29, 0.717) is 6.42 Å². The first kappa shape index (κ1) is 9.23. The highest BCUT2D eigenvalue weighted by Crippen LogP contribution is 2.10. The standard InChI is InChI=1S/C9H16N2O/c1-9(2,3)11-7-5-4-6-8(12)10-7/h4-6H2,1-3H3,(H,10,11,12). The van der Waals surface area contributed by atoms with Crippen LogP contribution in [0.3, 0.4) is 0 Å². The summed E-state index contributed by atoms with van der Waals surface area (Å²) in [5, 5.41) is 2.78.